The van der Waals surface area contributed by atoms with Crippen LogP contribution in [0.5, 0.6) is 5.75 Å². The van der Waals surface area contributed by atoms with Crippen molar-refractivity contribution in [1.82, 2.24) is 0 Å². The fraction of sp³-hybridized carbons (Fsp3) is 0.111. The standard InChI is InChI=1S/C9H9FN2O3/c1-15-6-2-3-7(10)8(4-6)12-9(13)5-11-14/h2-5,14H,1H3,(H,12,13). The van der Waals surface area contributed by atoms with Crippen LogP contribution < -0.4 is 10.1 Å². The van der Waals surface area contributed by atoms with Crippen LogP contribution in [0.1, 0.15) is 0 Å². The number of hydrogen-bond acceptors (Lipinski definition) is 4. The Kier molecular flexibility index (Phi) is 3.61. The summed E-state index contributed by atoms with van der Waals surface area (Å²) in [5.41, 5.74) is -0.0424. The Morgan fingerprint density at radius 1 is 1.67 bits per heavy atom. The molecule has 5 nitrogen and oxygen atoms in total. The van der Waals surface area contributed by atoms with E-state index in [0.29, 0.717) is 12.0 Å². The van der Waals surface area contributed by atoms with Gasteiger partial charge in [-0.2, -0.15) is 0 Å². The number of nitrogens with zero attached hydrogens (tertiary/aromatic N) is 1. The molecular weight excluding hydrogens is 203 g/mol. The van der Waals surface area contributed by atoms with E-state index in [9.17, 15) is 9.18 Å². The summed E-state index contributed by atoms with van der Waals surface area (Å²) in [7, 11) is 1.42. The first-order chi connectivity index (χ1) is 7.17. The lowest BCUT2D eigenvalue weighted by Crippen LogP contribution is -2.13. The molecule has 0 heterocycles. The van der Waals surface area contributed by atoms with Crippen LogP contribution in [0, 0.1) is 5.82 Å². The van der Waals surface area contributed by atoms with Crippen molar-refractivity contribution in [2.75, 3.05) is 12.4 Å². The van der Waals surface area contributed by atoms with Crippen LogP contribution in [-0.2, 0) is 4.79 Å². The highest BCUT2D eigenvalue weighted by molar-refractivity contribution is 6.31. The van der Waals surface area contributed by atoms with Crippen molar-refractivity contribution in [1.29, 1.82) is 0 Å². The highest BCUT2D eigenvalue weighted by atomic mass is 19.1. The molecule has 0 aliphatic rings. The third kappa shape index (κ3) is 2.94. The number of hydrogen-bond donors (Lipinski definition) is 2. The third-order valence-electron chi connectivity index (χ3n) is 1.61. The second-order valence-corrected chi connectivity index (χ2v) is 2.58. The van der Waals surface area contributed by atoms with E-state index in [4.69, 9.17) is 9.94 Å². The molecule has 0 saturated carbocycles. The first-order valence-electron chi connectivity index (χ1n) is 3.99. The summed E-state index contributed by atoms with van der Waals surface area (Å²) < 4.78 is 18.0. The minimum Gasteiger partial charge on any atom is -0.497 e. The van der Waals surface area contributed by atoms with Gasteiger partial charge in [0.1, 0.15) is 17.8 Å². The van der Waals surface area contributed by atoms with E-state index in [0.717, 1.165) is 6.07 Å². The summed E-state index contributed by atoms with van der Waals surface area (Å²) >= 11 is 0. The summed E-state index contributed by atoms with van der Waals surface area (Å²) in [6.45, 7) is 0. The Hall–Kier alpha value is -2.11. The predicted octanol–water partition coefficient (Wildman–Crippen LogP) is 1.23. The van der Waals surface area contributed by atoms with Crippen molar-refractivity contribution in [2.45, 2.75) is 0 Å². The minimum absolute atomic E-state index is 0.0424. The molecule has 0 saturated heterocycles. The summed E-state index contributed by atoms with van der Waals surface area (Å²) in [4.78, 5) is 10.9. The molecule has 0 aliphatic heterocycles. The van der Waals surface area contributed by atoms with Crippen LogP contribution in [0.4, 0.5) is 10.1 Å². The van der Waals surface area contributed by atoms with E-state index in [1.54, 1.807) is 0 Å². The fourth-order valence-electron chi connectivity index (χ4n) is 0.945. The number of methoxy groups -OCH3 is 1. The van der Waals surface area contributed by atoms with Gasteiger partial charge >= 0.3 is 0 Å². The van der Waals surface area contributed by atoms with E-state index in [1.807, 2.05) is 0 Å². The summed E-state index contributed by atoms with van der Waals surface area (Å²) in [6, 6.07) is 3.90. The number of carbonyl (C=O) groups is 1. The second-order valence-electron chi connectivity index (χ2n) is 2.58. The van der Waals surface area contributed by atoms with Crippen molar-refractivity contribution in [3.63, 3.8) is 0 Å². The molecular formula is C9H9FN2O3. The molecule has 1 aromatic carbocycles. The molecule has 0 aliphatic carbocycles. The molecule has 0 fully saturated rings. The molecule has 2 N–H and O–H groups in total. The van der Waals surface area contributed by atoms with Crippen LogP contribution in [0.2, 0.25) is 0 Å². The Bertz CT molecular complexity index is 393. The van der Waals surface area contributed by atoms with Crippen LogP contribution >= 0.6 is 0 Å². The van der Waals surface area contributed by atoms with E-state index in [1.165, 1.54) is 19.2 Å². The van der Waals surface area contributed by atoms with E-state index < -0.39 is 11.7 Å². The normalized spacial score (nSPS) is 10.3. The van der Waals surface area contributed by atoms with Gasteiger partial charge in [0.15, 0.2) is 0 Å². The largest absolute Gasteiger partial charge is 0.497 e. The van der Waals surface area contributed by atoms with Crippen LogP contribution in [0.15, 0.2) is 23.4 Å². The molecule has 0 atom stereocenters. The van der Waals surface area contributed by atoms with Gasteiger partial charge in [0, 0.05) is 6.07 Å². The van der Waals surface area contributed by atoms with Gasteiger partial charge in [-0.3, -0.25) is 4.79 Å². The van der Waals surface area contributed by atoms with Gasteiger partial charge in [0.2, 0.25) is 0 Å². The quantitative estimate of drug-likeness (QED) is 0.449. The molecule has 1 amide bonds. The number of amides is 1. The molecule has 6 heteroatoms. The van der Waals surface area contributed by atoms with E-state index in [2.05, 4.69) is 10.5 Å². The Morgan fingerprint density at radius 3 is 3.00 bits per heavy atom. The maximum atomic E-state index is 13.1. The molecule has 1 rings (SSSR count). The number of carbonyl (C=O) groups excluding carboxylic acids is 1. The fourth-order valence-corrected chi connectivity index (χ4v) is 0.945. The second kappa shape index (κ2) is 4.94. The van der Waals surface area contributed by atoms with Gasteiger partial charge in [0.25, 0.3) is 5.91 Å². The first kappa shape index (κ1) is 11.0. The summed E-state index contributed by atoms with van der Waals surface area (Å²) in [5.74, 6) is -0.923. The number of halogens is 1. The average Bonchev–Trinajstić information content (AvgIpc) is 2.21. The summed E-state index contributed by atoms with van der Waals surface area (Å²) in [6.07, 6.45) is 0.624. The Balaban J connectivity index is 2.88. The molecule has 0 bridgehead atoms. The minimum atomic E-state index is -0.732. The predicted molar refractivity (Wildman–Crippen MR) is 51.9 cm³/mol. The topological polar surface area (TPSA) is 70.9 Å². The zero-order valence-electron chi connectivity index (χ0n) is 7.90. The van der Waals surface area contributed by atoms with Gasteiger partial charge in [-0.1, -0.05) is 5.16 Å². The molecule has 0 radical (unpaired) electrons. The van der Waals surface area contributed by atoms with Gasteiger partial charge in [-0.05, 0) is 12.1 Å². The molecule has 15 heavy (non-hydrogen) atoms. The number of oxime groups is 1. The van der Waals surface area contributed by atoms with Crippen LogP contribution in [-0.4, -0.2) is 24.4 Å². The first-order valence-corrected chi connectivity index (χ1v) is 3.99. The maximum absolute atomic E-state index is 13.1. The highest BCUT2D eigenvalue weighted by Gasteiger charge is 2.06. The Labute approximate surface area is 85.2 Å². The van der Waals surface area contributed by atoms with Crippen molar-refractivity contribution in [2.24, 2.45) is 5.16 Å². The van der Waals surface area contributed by atoms with Crippen molar-refractivity contribution >= 4 is 17.8 Å². The number of benzene rings is 1. The monoisotopic (exact) mass is 212 g/mol. The third-order valence-corrected chi connectivity index (χ3v) is 1.61. The number of rotatable bonds is 3. The average molecular weight is 212 g/mol. The van der Waals surface area contributed by atoms with Crippen molar-refractivity contribution in [3.05, 3.63) is 24.0 Å². The summed E-state index contributed by atoms with van der Waals surface area (Å²) in [5, 5.41) is 12.8. The lowest BCUT2D eigenvalue weighted by Gasteiger charge is -2.05. The lowest BCUT2D eigenvalue weighted by molar-refractivity contribution is -0.110. The molecule has 1 aromatic rings. The highest BCUT2D eigenvalue weighted by Crippen LogP contribution is 2.20. The number of ether oxygens (including phenoxy) is 1. The lowest BCUT2D eigenvalue weighted by atomic mass is 10.3. The van der Waals surface area contributed by atoms with E-state index in [-0.39, 0.29) is 5.69 Å². The maximum Gasteiger partial charge on any atom is 0.270 e. The van der Waals surface area contributed by atoms with Crippen LogP contribution in [0.3, 0.4) is 0 Å². The zero-order chi connectivity index (χ0) is 11.3. The molecule has 0 spiro atoms. The number of nitrogens with one attached hydrogen (secondary N) is 1. The van der Waals surface area contributed by atoms with Gasteiger partial charge < -0.3 is 15.3 Å². The molecule has 0 aromatic heterocycles. The SMILES string of the molecule is COc1ccc(F)c(NC(=O)C=NO)c1. The molecule has 80 valence electrons. The van der Waals surface area contributed by atoms with Gasteiger partial charge in [-0.25, -0.2) is 4.39 Å². The zero-order valence-corrected chi connectivity index (χ0v) is 7.90. The number of anilines is 1. The van der Waals surface area contributed by atoms with Crippen molar-refractivity contribution in [3.8, 4) is 5.75 Å². The van der Waals surface area contributed by atoms with Gasteiger partial charge in [0.05, 0.1) is 12.8 Å². The smallest absolute Gasteiger partial charge is 0.270 e. The van der Waals surface area contributed by atoms with E-state index >= 15 is 0 Å². The Morgan fingerprint density at radius 2 is 2.40 bits per heavy atom. The van der Waals surface area contributed by atoms with Gasteiger partial charge in [-0.15, -0.1) is 0 Å². The van der Waals surface area contributed by atoms with Crippen LogP contribution in [0.25, 0.3) is 0 Å². The molecule has 0 unspecified atom stereocenters. The van der Waals surface area contributed by atoms with Crippen molar-refractivity contribution < 1.29 is 19.1 Å².